The van der Waals surface area contributed by atoms with E-state index in [-0.39, 0.29) is 5.75 Å². The molecule has 0 saturated carbocycles. The molecule has 0 bridgehead atoms. The van der Waals surface area contributed by atoms with E-state index in [1.165, 1.54) is 0 Å². The first-order valence-corrected chi connectivity index (χ1v) is 7.01. The third-order valence-corrected chi connectivity index (χ3v) is 3.12. The summed E-state index contributed by atoms with van der Waals surface area (Å²) in [4.78, 5) is 0. The zero-order chi connectivity index (χ0) is 10.2. The van der Waals surface area contributed by atoms with Gasteiger partial charge in [0.25, 0.3) is 0 Å². The minimum Gasteiger partial charge on any atom is -0.381 e. The quantitative estimate of drug-likeness (QED) is 0.524. The molecule has 0 radical (unpaired) electrons. The summed E-state index contributed by atoms with van der Waals surface area (Å²) in [6.07, 6.45) is 0.715. The lowest BCUT2D eigenvalue weighted by molar-refractivity contribution is 0.149. The summed E-state index contributed by atoms with van der Waals surface area (Å²) >= 11 is 3.22. The molecule has 0 saturated heterocycles. The second-order valence-corrected chi connectivity index (χ2v) is 5.34. The first-order valence-electron chi connectivity index (χ1n) is 4.23. The Balaban J connectivity index is 3.26. The number of rotatable bonds is 8. The van der Waals surface area contributed by atoms with Crippen LogP contribution in [-0.4, -0.2) is 39.3 Å². The number of hydrogen-bond acceptors (Lipinski definition) is 3. The largest absolute Gasteiger partial charge is 0.381 e. The summed E-state index contributed by atoms with van der Waals surface area (Å²) in [5, 5.41) is 0.813. The summed E-state index contributed by atoms with van der Waals surface area (Å²) in [5.74, 6) is 0.134. The van der Waals surface area contributed by atoms with Crippen LogP contribution in [0.5, 0.6) is 0 Å². The average molecular weight is 274 g/mol. The lowest BCUT2D eigenvalue weighted by Crippen LogP contribution is -2.26. The molecule has 0 aromatic heterocycles. The highest BCUT2D eigenvalue weighted by Crippen LogP contribution is 1.87. The molecular weight excluding hydrogens is 258 g/mol. The molecule has 0 amide bonds. The van der Waals surface area contributed by atoms with Crippen LogP contribution in [0.15, 0.2) is 0 Å². The van der Waals surface area contributed by atoms with Crippen LogP contribution in [0.25, 0.3) is 0 Å². The van der Waals surface area contributed by atoms with Crippen molar-refractivity contribution in [3.8, 4) is 0 Å². The van der Waals surface area contributed by atoms with Crippen LogP contribution < -0.4 is 4.72 Å². The average Bonchev–Trinajstić information content (AvgIpc) is 2.11. The van der Waals surface area contributed by atoms with E-state index in [0.717, 1.165) is 5.33 Å². The van der Waals surface area contributed by atoms with Gasteiger partial charge in [-0.3, -0.25) is 0 Å². The molecule has 1 N–H and O–H groups in total. The van der Waals surface area contributed by atoms with Crippen LogP contribution in [0, 0.1) is 0 Å². The molecule has 0 unspecified atom stereocenters. The highest BCUT2D eigenvalue weighted by molar-refractivity contribution is 9.09. The Labute approximate surface area is 88.2 Å². The number of halogens is 1. The van der Waals surface area contributed by atoms with Gasteiger partial charge in [0.05, 0.1) is 12.4 Å². The fourth-order valence-corrected chi connectivity index (χ4v) is 1.55. The maximum absolute atomic E-state index is 10.9. The molecule has 80 valence electrons. The van der Waals surface area contributed by atoms with E-state index in [0.29, 0.717) is 26.2 Å². The van der Waals surface area contributed by atoms with E-state index in [2.05, 4.69) is 20.7 Å². The van der Waals surface area contributed by atoms with Gasteiger partial charge in [0.2, 0.25) is 10.0 Å². The molecule has 0 spiro atoms. The number of ether oxygens (including phenoxy) is 1. The van der Waals surface area contributed by atoms with Gasteiger partial charge in [-0.15, -0.1) is 0 Å². The predicted octanol–water partition coefficient (Wildman–Crippen LogP) is 0.727. The predicted molar refractivity (Wildman–Crippen MR) is 56.7 cm³/mol. The molecule has 4 nitrogen and oxygen atoms in total. The molecule has 0 atom stereocenters. The molecule has 13 heavy (non-hydrogen) atoms. The first kappa shape index (κ1) is 13.4. The van der Waals surface area contributed by atoms with E-state index >= 15 is 0 Å². The van der Waals surface area contributed by atoms with Crippen molar-refractivity contribution in [2.75, 3.05) is 30.8 Å². The molecule has 0 aromatic rings. The first-order chi connectivity index (χ1) is 6.12. The summed E-state index contributed by atoms with van der Waals surface area (Å²) in [7, 11) is -3.03. The third kappa shape index (κ3) is 8.67. The summed E-state index contributed by atoms with van der Waals surface area (Å²) in [6.45, 7) is 3.33. The van der Waals surface area contributed by atoms with Crippen LogP contribution in [0.2, 0.25) is 0 Å². The molecule has 0 fully saturated rings. The highest BCUT2D eigenvalue weighted by Gasteiger charge is 2.03. The minimum absolute atomic E-state index is 0.134. The molecule has 0 aliphatic carbocycles. The monoisotopic (exact) mass is 273 g/mol. The SMILES string of the molecule is CCS(=O)(=O)NCCCOCCBr. The van der Waals surface area contributed by atoms with Gasteiger partial charge in [0.15, 0.2) is 0 Å². The Morgan fingerprint density at radius 1 is 1.38 bits per heavy atom. The van der Waals surface area contributed by atoms with E-state index in [1.54, 1.807) is 6.92 Å². The van der Waals surface area contributed by atoms with Crippen molar-refractivity contribution < 1.29 is 13.2 Å². The van der Waals surface area contributed by atoms with Crippen LogP contribution in [0.4, 0.5) is 0 Å². The van der Waals surface area contributed by atoms with Gasteiger partial charge < -0.3 is 4.74 Å². The standard InChI is InChI=1S/C7H16BrNO3S/c1-2-13(10,11)9-5-3-6-12-7-4-8/h9H,2-7H2,1H3. The summed E-state index contributed by atoms with van der Waals surface area (Å²) in [6, 6.07) is 0. The lowest BCUT2D eigenvalue weighted by Gasteiger charge is -2.04. The third-order valence-electron chi connectivity index (χ3n) is 1.39. The van der Waals surface area contributed by atoms with Gasteiger partial charge in [0, 0.05) is 18.5 Å². The molecule has 6 heteroatoms. The van der Waals surface area contributed by atoms with Gasteiger partial charge in [-0.1, -0.05) is 15.9 Å². The fourth-order valence-electron chi connectivity index (χ4n) is 0.661. The Bertz CT molecular complexity index is 206. The number of alkyl halides is 1. The maximum Gasteiger partial charge on any atom is 0.211 e. The van der Waals surface area contributed by atoms with E-state index < -0.39 is 10.0 Å². The Morgan fingerprint density at radius 2 is 2.08 bits per heavy atom. The topological polar surface area (TPSA) is 55.4 Å². The number of hydrogen-bond donors (Lipinski definition) is 1. The smallest absolute Gasteiger partial charge is 0.211 e. The van der Waals surface area contributed by atoms with Gasteiger partial charge >= 0.3 is 0 Å². The van der Waals surface area contributed by atoms with Gasteiger partial charge in [-0.25, -0.2) is 13.1 Å². The van der Waals surface area contributed by atoms with Gasteiger partial charge in [-0.05, 0) is 13.3 Å². The zero-order valence-electron chi connectivity index (χ0n) is 7.75. The second-order valence-electron chi connectivity index (χ2n) is 2.45. The highest BCUT2D eigenvalue weighted by atomic mass is 79.9. The number of sulfonamides is 1. The van der Waals surface area contributed by atoms with Crippen molar-refractivity contribution in [2.45, 2.75) is 13.3 Å². The van der Waals surface area contributed by atoms with Crippen LogP contribution in [-0.2, 0) is 14.8 Å². The maximum atomic E-state index is 10.9. The molecule has 0 rings (SSSR count). The lowest BCUT2D eigenvalue weighted by atomic mass is 10.5. The van der Waals surface area contributed by atoms with Gasteiger partial charge in [-0.2, -0.15) is 0 Å². The van der Waals surface area contributed by atoms with E-state index in [1.807, 2.05) is 0 Å². The van der Waals surface area contributed by atoms with Crippen LogP contribution in [0.1, 0.15) is 13.3 Å². The molecule has 0 heterocycles. The van der Waals surface area contributed by atoms with Crippen molar-refractivity contribution in [1.29, 1.82) is 0 Å². The minimum atomic E-state index is -3.03. The van der Waals surface area contributed by atoms with Crippen molar-refractivity contribution in [3.05, 3.63) is 0 Å². The van der Waals surface area contributed by atoms with Gasteiger partial charge in [0.1, 0.15) is 0 Å². The number of nitrogens with one attached hydrogen (secondary N) is 1. The molecular formula is C7H16BrNO3S. The van der Waals surface area contributed by atoms with Crippen molar-refractivity contribution in [2.24, 2.45) is 0 Å². The second kappa shape index (κ2) is 7.73. The zero-order valence-corrected chi connectivity index (χ0v) is 10.2. The Kier molecular flexibility index (Phi) is 7.93. The fraction of sp³-hybridized carbons (Fsp3) is 1.00. The van der Waals surface area contributed by atoms with Crippen molar-refractivity contribution in [3.63, 3.8) is 0 Å². The van der Waals surface area contributed by atoms with Crippen LogP contribution >= 0.6 is 15.9 Å². The summed E-state index contributed by atoms with van der Waals surface area (Å²) in [5.41, 5.74) is 0. The normalized spacial score (nSPS) is 11.8. The Morgan fingerprint density at radius 3 is 2.62 bits per heavy atom. The van der Waals surface area contributed by atoms with Crippen molar-refractivity contribution in [1.82, 2.24) is 4.72 Å². The molecule has 0 aromatic carbocycles. The Hall–Kier alpha value is 0.350. The van der Waals surface area contributed by atoms with Crippen molar-refractivity contribution >= 4 is 26.0 Å². The van der Waals surface area contributed by atoms with Crippen LogP contribution in [0.3, 0.4) is 0 Å². The molecule has 0 aliphatic heterocycles. The van der Waals surface area contributed by atoms with E-state index in [4.69, 9.17) is 4.74 Å². The molecule has 0 aliphatic rings. The summed E-state index contributed by atoms with van der Waals surface area (Å²) < 4.78 is 29.5. The van der Waals surface area contributed by atoms with E-state index in [9.17, 15) is 8.42 Å².